The summed E-state index contributed by atoms with van der Waals surface area (Å²) in [5.41, 5.74) is 0.635. The van der Waals surface area contributed by atoms with Gasteiger partial charge in [-0.15, -0.1) is 26.3 Å². The summed E-state index contributed by atoms with van der Waals surface area (Å²) in [6.07, 6.45) is -9.75. The normalized spacial score (nSPS) is 11.7. The number of hydrogen-bond acceptors (Lipinski definition) is 7. The summed E-state index contributed by atoms with van der Waals surface area (Å²) in [5, 5.41) is 14.6. The molecule has 0 aliphatic heterocycles. The third kappa shape index (κ3) is 7.71. The van der Waals surface area contributed by atoms with Crippen LogP contribution in [-0.4, -0.2) is 41.0 Å². The number of ether oxygens (including phenoxy) is 2. The van der Waals surface area contributed by atoms with Gasteiger partial charge in [-0.25, -0.2) is 4.98 Å². The number of alkyl halides is 6. The third-order valence-electron chi connectivity index (χ3n) is 3.82. The van der Waals surface area contributed by atoms with Crippen molar-refractivity contribution in [2.75, 3.05) is 23.8 Å². The van der Waals surface area contributed by atoms with Gasteiger partial charge in [-0.05, 0) is 24.3 Å². The molecule has 0 atom stereocenters. The van der Waals surface area contributed by atoms with E-state index in [1.807, 2.05) is 0 Å². The van der Waals surface area contributed by atoms with Crippen LogP contribution in [0.4, 0.5) is 43.8 Å². The third-order valence-corrected chi connectivity index (χ3v) is 3.82. The molecule has 7 nitrogen and oxygen atoms in total. The molecule has 0 fully saturated rings. The minimum atomic E-state index is -4.88. The SMILES string of the molecule is OCCNc1nc(Nc2cccc(OC(F)(F)F)c2)cc(-c2cccc(OC(F)(F)F)c2)n1. The average molecular weight is 474 g/mol. The summed E-state index contributed by atoms with van der Waals surface area (Å²) in [4.78, 5) is 8.36. The Morgan fingerprint density at radius 2 is 1.45 bits per heavy atom. The topological polar surface area (TPSA) is 88.5 Å². The second kappa shape index (κ2) is 9.81. The molecule has 0 aliphatic carbocycles. The summed E-state index contributed by atoms with van der Waals surface area (Å²) in [7, 11) is 0. The van der Waals surface area contributed by atoms with Crippen LogP contribution in [-0.2, 0) is 0 Å². The first kappa shape index (κ1) is 23.9. The van der Waals surface area contributed by atoms with Crippen molar-refractivity contribution in [1.82, 2.24) is 9.97 Å². The molecule has 1 heterocycles. The van der Waals surface area contributed by atoms with Gasteiger partial charge in [0.25, 0.3) is 0 Å². The standard InChI is InChI=1S/C20H16F6N4O3/c21-19(22,23)32-14-5-1-3-12(9-14)16-11-17(30-18(29-16)27-7-8-31)28-13-4-2-6-15(10-13)33-20(24,25)26/h1-6,9-11,31H,7-8H2,(H2,27,28,29,30). The van der Waals surface area contributed by atoms with Crippen LogP contribution in [0.15, 0.2) is 54.6 Å². The van der Waals surface area contributed by atoms with E-state index in [-0.39, 0.29) is 41.9 Å². The Morgan fingerprint density at radius 1 is 0.818 bits per heavy atom. The van der Waals surface area contributed by atoms with Crippen LogP contribution < -0.4 is 20.1 Å². The molecule has 0 aliphatic rings. The first-order valence-corrected chi connectivity index (χ1v) is 9.23. The van der Waals surface area contributed by atoms with Crippen LogP contribution in [0.5, 0.6) is 11.5 Å². The summed E-state index contributed by atoms with van der Waals surface area (Å²) >= 11 is 0. The minimum absolute atomic E-state index is 0.0221. The van der Waals surface area contributed by atoms with E-state index in [0.717, 1.165) is 24.3 Å². The lowest BCUT2D eigenvalue weighted by Gasteiger charge is -2.14. The Hall–Kier alpha value is -3.74. The predicted octanol–water partition coefficient (Wildman–Crippen LogP) is 5.09. The minimum Gasteiger partial charge on any atom is -0.406 e. The lowest BCUT2D eigenvalue weighted by atomic mass is 10.1. The largest absolute Gasteiger partial charge is 0.573 e. The molecule has 0 saturated heterocycles. The number of aromatic nitrogens is 2. The summed E-state index contributed by atoms with van der Waals surface area (Å²) < 4.78 is 82.9. The molecular formula is C20H16F6N4O3. The van der Waals surface area contributed by atoms with Crippen molar-refractivity contribution < 1.29 is 40.9 Å². The van der Waals surface area contributed by atoms with Crippen molar-refractivity contribution in [3.63, 3.8) is 0 Å². The maximum atomic E-state index is 12.5. The molecule has 0 unspecified atom stereocenters. The zero-order valence-corrected chi connectivity index (χ0v) is 16.5. The second-order valence-corrected chi connectivity index (χ2v) is 6.39. The summed E-state index contributed by atoms with van der Waals surface area (Å²) in [6, 6.07) is 11.4. The van der Waals surface area contributed by atoms with Crippen LogP contribution in [0, 0.1) is 0 Å². The van der Waals surface area contributed by atoms with Crippen molar-refractivity contribution in [3.05, 3.63) is 54.6 Å². The average Bonchev–Trinajstić information content (AvgIpc) is 2.70. The molecule has 0 bridgehead atoms. The van der Waals surface area contributed by atoms with E-state index in [0.29, 0.717) is 0 Å². The van der Waals surface area contributed by atoms with E-state index >= 15 is 0 Å². The molecule has 0 spiro atoms. The van der Waals surface area contributed by atoms with Gasteiger partial charge >= 0.3 is 12.7 Å². The molecule has 0 saturated carbocycles. The molecule has 3 N–H and O–H groups in total. The van der Waals surface area contributed by atoms with Crippen molar-refractivity contribution in [2.45, 2.75) is 12.7 Å². The van der Waals surface area contributed by atoms with Gasteiger partial charge < -0.3 is 25.2 Å². The monoisotopic (exact) mass is 474 g/mol. The van der Waals surface area contributed by atoms with Gasteiger partial charge in [0, 0.05) is 29.9 Å². The highest BCUT2D eigenvalue weighted by atomic mass is 19.4. The highest BCUT2D eigenvalue weighted by Gasteiger charge is 2.32. The Balaban J connectivity index is 1.93. The van der Waals surface area contributed by atoms with Crippen LogP contribution in [0.2, 0.25) is 0 Å². The van der Waals surface area contributed by atoms with Gasteiger partial charge in [0.05, 0.1) is 12.3 Å². The molecule has 3 rings (SSSR count). The van der Waals surface area contributed by atoms with E-state index in [2.05, 4.69) is 30.1 Å². The molecule has 33 heavy (non-hydrogen) atoms. The highest BCUT2D eigenvalue weighted by molar-refractivity contribution is 5.68. The molecule has 0 radical (unpaired) electrons. The Bertz CT molecular complexity index is 1090. The molecule has 0 amide bonds. The maximum absolute atomic E-state index is 12.5. The van der Waals surface area contributed by atoms with Crippen LogP contribution in [0.25, 0.3) is 11.3 Å². The van der Waals surface area contributed by atoms with Gasteiger partial charge in [-0.2, -0.15) is 4.98 Å². The lowest BCUT2D eigenvalue weighted by Crippen LogP contribution is -2.17. The van der Waals surface area contributed by atoms with Gasteiger partial charge in [-0.3, -0.25) is 0 Å². The van der Waals surface area contributed by atoms with E-state index < -0.39 is 24.2 Å². The first-order valence-electron chi connectivity index (χ1n) is 9.23. The fraction of sp³-hybridized carbons (Fsp3) is 0.200. The van der Waals surface area contributed by atoms with E-state index in [1.54, 1.807) is 0 Å². The smallest absolute Gasteiger partial charge is 0.406 e. The van der Waals surface area contributed by atoms with Crippen molar-refractivity contribution in [1.29, 1.82) is 0 Å². The van der Waals surface area contributed by atoms with Crippen LogP contribution in [0.3, 0.4) is 0 Å². The Kier molecular flexibility index (Phi) is 7.11. The number of hydrogen-bond donors (Lipinski definition) is 3. The number of nitrogens with one attached hydrogen (secondary N) is 2. The van der Waals surface area contributed by atoms with Gasteiger partial charge in [-0.1, -0.05) is 18.2 Å². The first-order chi connectivity index (χ1) is 15.5. The quantitative estimate of drug-likeness (QED) is 0.392. The summed E-state index contributed by atoms with van der Waals surface area (Å²) in [5.74, 6) is -0.784. The van der Waals surface area contributed by atoms with Crippen molar-refractivity contribution in [3.8, 4) is 22.8 Å². The van der Waals surface area contributed by atoms with Crippen molar-refractivity contribution in [2.24, 2.45) is 0 Å². The molecule has 1 aromatic heterocycles. The van der Waals surface area contributed by atoms with Crippen LogP contribution in [0.1, 0.15) is 0 Å². The molecule has 3 aromatic rings. The number of nitrogens with zero attached hydrogens (tertiary/aromatic N) is 2. The number of benzene rings is 2. The van der Waals surface area contributed by atoms with Gasteiger partial charge in [0.15, 0.2) is 0 Å². The fourth-order valence-electron chi connectivity index (χ4n) is 2.68. The molecule has 13 heteroatoms. The maximum Gasteiger partial charge on any atom is 0.573 e. The number of aliphatic hydroxyl groups excluding tert-OH is 1. The van der Waals surface area contributed by atoms with Gasteiger partial charge in [0.2, 0.25) is 5.95 Å². The summed E-state index contributed by atoms with van der Waals surface area (Å²) in [6.45, 7) is -0.170. The van der Waals surface area contributed by atoms with E-state index in [4.69, 9.17) is 5.11 Å². The molecular weight excluding hydrogens is 458 g/mol. The molecule has 176 valence electrons. The van der Waals surface area contributed by atoms with Crippen LogP contribution >= 0.6 is 0 Å². The van der Waals surface area contributed by atoms with Gasteiger partial charge in [0.1, 0.15) is 17.3 Å². The number of aliphatic hydroxyl groups is 1. The number of halogens is 6. The lowest BCUT2D eigenvalue weighted by molar-refractivity contribution is -0.275. The Labute approximate surface area is 183 Å². The number of anilines is 3. The molecule has 2 aromatic carbocycles. The van der Waals surface area contributed by atoms with E-state index in [1.165, 1.54) is 30.3 Å². The van der Waals surface area contributed by atoms with Crippen molar-refractivity contribution >= 4 is 17.5 Å². The zero-order chi connectivity index (χ0) is 24.1. The Morgan fingerprint density at radius 3 is 2.09 bits per heavy atom. The number of rotatable bonds is 8. The predicted molar refractivity (Wildman–Crippen MR) is 106 cm³/mol. The van der Waals surface area contributed by atoms with E-state index in [9.17, 15) is 26.3 Å². The zero-order valence-electron chi connectivity index (χ0n) is 16.5. The second-order valence-electron chi connectivity index (χ2n) is 6.39. The fourth-order valence-corrected chi connectivity index (χ4v) is 2.68. The highest BCUT2D eigenvalue weighted by Crippen LogP contribution is 2.30.